The van der Waals surface area contributed by atoms with E-state index in [2.05, 4.69) is 29.5 Å². The summed E-state index contributed by atoms with van der Waals surface area (Å²) in [5, 5.41) is 7.14. The molecule has 4 nitrogen and oxygen atoms in total. The van der Waals surface area contributed by atoms with E-state index in [0.29, 0.717) is 17.2 Å². The van der Waals surface area contributed by atoms with Crippen LogP contribution in [-0.2, 0) is 11.2 Å². The first-order chi connectivity index (χ1) is 10.6. The minimum atomic E-state index is -0.0478. The van der Waals surface area contributed by atoms with E-state index in [9.17, 15) is 4.79 Å². The average molecular weight is 319 g/mol. The van der Waals surface area contributed by atoms with Gasteiger partial charge in [0, 0.05) is 5.56 Å². The van der Waals surface area contributed by atoms with Gasteiger partial charge < -0.3 is 9.84 Å². The van der Waals surface area contributed by atoms with Gasteiger partial charge in [-0.2, -0.15) is 0 Å². The number of hydrogen-bond donors (Lipinski definition) is 1. The maximum absolute atomic E-state index is 12.4. The molecule has 116 valence electrons. The Kier molecular flexibility index (Phi) is 4.21. The lowest BCUT2D eigenvalue weighted by atomic mass is 9.97. The fourth-order valence-electron chi connectivity index (χ4n) is 2.76. The van der Waals surface area contributed by atoms with Crippen LogP contribution in [0.2, 0.25) is 5.22 Å². The summed E-state index contributed by atoms with van der Waals surface area (Å²) in [7, 11) is 0. The lowest BCUT2D eigenvalue weighted by molar-refractivity contribution is -0.121. The third-order valence-corrected chi connectivity index (χ3v) is 4.50. The van der Waals surface area contributed by atoms with Crippen LogP contribution < -0.4 is 5.32 Å². The van der Waals surface area contributed by atoms with Gasteiger partial charge in [0.25, 0.3) is 0 Å². The number of benzene rings is 1. The van der Waals surface area contributed by atoms with Gasteiger partial charge in [-0.25, -0.2) is 0 Å². The smallest absolute Gasteiger partial charge is 0.229 e. The van der Waals surface area contributed by atoms with Gasteiger partial charge in [-0.15, -0.1) is 0 Å². The summed E-state index contributed by atoms with van der Waals surface area (Å²) in [6.07, 6.45) is 2.52. The zero-order chi connectivity index (χ0) is 15.7. The molecular weight excluding hydrogens is 300 g/mol. The Balaban J connectivity index is 1.75. The summed E-state index contributed by atoms with van der Waals surface area (Å²) in [4.78, 5) is 12.4. The molecule has 0 saturated heterocycles. The zero-order valence-electron chi connectivity index (χ0n) is 12.7. The Morgan fingerprint density at radius 2 is 2.14 bits per heavy atom. The SMILES string of the molecule is Cc1ccccc1[C@@H](NC(=O)Cc1c(C)noc1Cl)C1CC1. The molecule has 1 aliphatic carbocycles. The molecule has 1 aliphatic rings. The largest absolute Gasteiger partial charge is 0.349 e. The molecule has 22 heavy (non-hydrogen) atoms. The number of nitrogens with one attached hydrogen (secondary N) is 1. The predicted octanol–water partition coefficient (Wildman–Crippen LogP) is 3.75. The molecule has 5 heteroatoms. The molecule has 0 unspecified atom stereocenters. The van der Waals surface area contributed by atoms with Gasteiger partial charge >= 0.3 is 0 Å². The molecule has 1 fully saturated rings. The van der Waals surface area contributed by atoms with Crippen molar-refractivity contribution >= 4 is 17.5 Å². The number of aromatic nitrogens is 1. The highest BCUT2D eigenvalue weighted by atomic mass is 35.5. The van der Waals surface area contributed by atoms with Crippen LogP contribution in [0.15, 0.2) is 28.8 Å². The quantitative estimate of drug-likeness (QED) is 0.913. The standard InChI is InChI=1S/C17H19ClN2O2/c1-10-5-3-4-6-13(10)16(12-7-8-12)19-15(21)9-14-11(2)20-22-17(14)18/h3-6,12,16H,7-9H2,1-2H3,(H,19,21)/t16-/m0/s1. The number of amides is 1. The maximum Gasteiger partial charge on any atom is 0.229 e. The first-order valence-corrected chi connectivity index (χ1v) is 7.89. The van der Waals surface area contributed by atoms with Gasteiger partial charge in [-0.05, 0) is 55.3 Å². The number of nitrogens with zero attached hydrogens (tertiary/aromatic N) is 1. The lowest BCUT2D eigenvalue weighted by Crippen LogP contribution is -2.31. The zero-order valence-corrected chi connectivity index (χ0v) is 13.5. The summed E-state index contributed by atoms with van der Waals surface area (Å²) in [6.45, 7) is 3.87. The molecule has 1 aromatic heterocycles. The van der Waals surface area contributed by atoms with E-state index in [0.717, 1.165) is 12.8 Å². The van der Waals surface area contributed by atoms with Crippen LogP contribution in [0, 0.1) is 19.8 Å². The van der Waals surface area contributed by atoms with Crippen LogP contribution in [0.25, 0.3) is 0 Å². The molecule has 2 aromatic rings. The molecule has 1 N–H and O–H groups in total. The monoisotopic (exact) mass is 318 g/mol. The minimum Gasteiger partial charge on any atom is -0.349 e. The van der Waals surface area contributed by atoms with Crippen molar-refractivity contribution in [2.24, 2.45) is 5.92 Å². The summed E-state index contributed by atoms with van der Waals surface area (Å²) >= 11 is 5.93. The van der Waals surface area contributed by atoms with Crippen molar-refractivity contribution in [2.75, 3.05) is 0 Å². The van der Waals surface area contributed by atoms with E-state index in [1.807, 2.05) is 12.1 Å². The van der Waals surface area contributed by atoms with Crippen molar-refractivity contribution in [1.29, 1.82) is 0 Å². The molecule has 1 atom stereocenters. The van der Waals surface area contributed by atoms with Gasteiger partial charge in [0.1, 0.15) is 0 Å². The molecule has 0 spiro atoms. The predicted molar refractivity (Wildman–Crippen MR) is 84.7 cm³/mol. The Bertz CT molecular complexity index is 672. The summed E-state index contributed by atoms with van der Waals surface area (Å²) in [5.41, 5.74) is 3.74. The number of rotatable bonds is 5. The van der Waals surface area contributed by atoms with Crippen molar-refractivity contribution < 1.29 is 9.32 Å². The Morgan fingerprint density at radius 3 is 2.73 bits per heavy atom. The highest BCUT2D eigenvalue weighted by molar-refractivity contribution is 6.29. The van der Waals surface area contributed by atoms with Crippen LogP contribution in [0.1, 0.15) is 41.3 Å². The second-order valence-electron chi connectivity index (χ2n) is 5.94. The number of aryl methyl sites for hydroxylation is 2. The first-order valence-electron chi connectivity index (χ1n) is 7.52. The van der Waals surface area contributed by atoms with Crippen LogP contribution >= 0.6 is 11.6 Å². The van der Waals surface area contributed by atoms with Crippen LogP contribution in [0.4, 0.5) is 0 Å². The van der Waals surface area contributed by atoms with Crippen LogP contribution in [-0.4, -0.2) is 11.1 Å². The second kappa shape index (κ2) is 6.13. The summed E-state index contributed by atoms with van der Waals surface area (Å²) < 4.78 is 4.90. The highest BCUT2D eigenvalue weighted by Gasteiger charge is 2.34. The fourth-order valence-corrected chi connectivity index (χ4v) is 3.00. The molecule has 1 saturated carbocycles. The summed E-state index contributed by atoms with van der Waals surface area (Å²) in [5.74, 6) is 0.484. The molecule has 1 aromatic carbocycles. The summed E-state index contributed by atoms with van der Waals surface area (Å²) in [6, 6.07) is 8.29. The van der Waals surface area contributed by atoms with Crippen LogP contribution in [0.3, 0.4) is 0 Å². The molecule has 3 rings (SSSR count). The fraction of sp³-hybridized carbons (Fsp3) is 0.412. The van der Waals surface area contributed by atoms with E-state index in [-0.39, 0.29) is 23.6 Å². The van der Waals surface area contributed by atoms with Crippen molar-refractivity contribution in [3.05, 3.63) is 51.9 Å². The van der Waals surface area contributed by atoms with Gasteiger partial charge in [-0.3, -0.25) is 4.79 Å². The number of halogens is 1. The number of hydrogen-bond acceptors (Lipinski definition) is 3. The van der Waals surface area contributed by atoms with Crippen molar-refractivity contribution in [3.8, 4) is 0 Å². The van der Waals surface area contributed by atoms with Crippen molar-refractivity contribution in [2.45, 2.75) is 39.2 Å². The molecular formula is C17H19ClN2O2. The van der Waals surface area contributed by atoms with E-state index in [4.69, 9.17) is 16.1 Å². The number of carbonyl (C=O) groups is 1. The topological polar surface area (TPSA) is 55.1 Å². The number of carbonyl (C=O) groups excluding carboxylic acids is 1. The molecule has 0 bridgehead atoms. The Labute approximate surface area is 134 Å². The van der Waals surface area contributed by atoms with E-state index in [1.165, 1.54) is 11.1 Å². The molecule has 1 amide bonds. The highest BCUT2D eigenvalue weighted by Crippen LogP contribution is 2.41. The maximum atomic E-state index is 12.4. The Morgan fingerprint density at radius 1 is 1.41 bits per heavy atom. The van der Waals surface area contributed by atoms with Gasteiger partial charge in [-0.1, -0.05) is 29.4 Å². The van der Waals surface area contributed by atoms with Crippen LogP contribution in [0.5, 0.6) is 0 Å². The minimum absolute atomic E-state index is 0.0478. The van der Waals surface area contributed by atoms with Crippen molar-refractivity contribution in [3.63, 3.8) is 0 Å². The van der Waals surface area contributed by atoms with Gasteiger partial charge in [0.05, 0.1) is 18.2 Å². The van der Waals surface area contributed by atoms with Gasteiger partial charge in [0.2, 0.25) is 11.1 Å². The van der Waals surface area contributed by atoms with E-state index >= 15 is 0 Å². The van der Waals surface area contributed by atoms with Gasteiger partial charge in [0.15, 0.2) is 0 Å². The normalized spacial score (nSPS) is 15.6. The molecule has 0 aliphatic heterocycles. The van der Waals surface area contributed by atoms with Crippen molar-refractivity contribution in [1.82, 2.24) is 10.5 Å². The first kappa shape index (κ1) is 15.1. The Hall–Kier alpha value is -1.81. The molecule has 0 radical (unpaired) electrons. The average Bonchev–Trinajstić information content (AvgIpc) is 3.28. The lowest BCUT2D eigenvalue weighted by Gasteiger charge is -2.20. The third kappa shape index (κ3) is 3.17. The van der Waals surface area contributed by atoms with E-state index in [1.54, 1.807) is 6.92 Å². The van der Waals surface area contributed by atoms with E-state index < -0.39 is 0 Å². The third-order valence-electron chi connectivity index (χ3n) is 4.21. The second-order valence-corrected chi connectivity index (χ2v) is 6.28. The molecule has 1 heterocycles.